The molecule has 1 aliphatic heterocycles. The number of pyridine rings is 1. The summed E-state index contributed by atoms with van der Waals surface area (Å²) in [5, 5.41) is 2.73. The van der Waals surface area contributed by atoms with Crippen LogP contribution in [0, 0.1) is 0 Å². The van der Waals surface area contributed by atoms with Crippen LogP contribution in [0.5, 0.6) is 0 Å². The van der Waals surface area contributed by atoms with E-state index in [1.807, 2.05) is 24.3 Å². The second-order valence-corrected chi connectivity index (χ2v) is 8.39. The van der Waals surface area contributed by atoms with Gasteiger partial charge in [-0.1, -0.05) is 18.2 Å². The molecule has 142 valence electrons. The number of nitrogens with one attached hydrogen (secondary N) is 1. The van der Waals surface area contributed by atoms with E-state index in [1.54, 1.807) is 24.5 Å². The summed E-state index contributed by atoms with van der Waals surface area (Å²) in [5.74, 6) is -0.319. The van der Waals surface area contributed by atoms with Gasteiger partial charge in [-0.05, 0) is 60.9 Å². The minimum Gasteiger partial charge on any atom is -0.321 e. The van der Waals surface area contributed by atoms with Crippen molar-refractivity contribution in [2.45, 2.75) is 17.7 Å². The minimum absolute atomic E-state index is 0.169. The van der Waals surface area contributed by atoms with E-state index in [4.69, 9.17) is 0 Å². The zero-order valence-electron chi connectivity index (χ0n) is 15.1. The maximum absolute atomic E-state index is 13.1. The molecule has 0 radical (unpaired) electrons. The molecule has 28 heavy (non-hydrogen) atoms. The first kappa shape index (κ1) is 18.2. The number of nitrogens with zero attached hydrogens (tertiary/aromatic N) is 2. The normalized spacial score (nSPS) is 13.6. The van der Waals surface area contributed by atoms with Crippen LogP contribution in [0.4, 0.5) is 11.4 Å². The minimum atomic E-state index is -3.69. The smallest absolute Gasteiger partial charge is 0.264 e. The maximum Gasteiger partial charge on any atom is 0.264 e. The Morgan fingerprint density at radius 3 is 2.54 bits per heavy atom. The lowest BCUT2D eigenvalue weighted by Crippen LogP contribution is -2.35. The Labute approximate surface area is 163 Å². The van der Waals surface area contributed by atoms with Gasteiger partial charge in [0, 0.05) is 18.3 Å². The highest BCUT2D eigenvalue weighted by molar-refractivity contribution is 7.92. The predicted molar refractivity (Wildman–Crippen MR) is 108 cm³/mol. The second kappa shape index (κ2) is 7.44. The van der Waals surface area contributed by atoms with Gasteiger partial charge < -0.3 is 5.32 Å². The number of hydrogen-bond acceptors (Lipinski definition) is 4. The molecule has 7 heteroatoms. The molecule has 0 atom stereocenters. The van der Waals surface area contributed by atoms with Gasteiger partial charge >= 0.3 is 0 Å². The van der Waals surface area contributed by atoms with Crippen LogP contribution < -0.4 is 9.62 Å². The van der Waals surface area contributed by atoms with Crippen molar-refractivity contribution in [2.24, 2.45) is 0 Å². The molecule has 2 heterocycles. The van der Waals surface area contributed by atoms with Gasteiger partial charge in [0.1, 0.15) is 0 Å². The van der Waals surface area contributed by atoms with Crippen LogP contribution in [-0.2, 0) is 16.4 Å². The third-order valence-corrected chi connectivity index (χ3v) is 6.52. The Morgan fingerprint density at radius 1 is 1.00 bits per heavy atom. The number of fused-ring (bicyclic) bond motifs is 1. The number of aryl methyl sites for hydroxylation is 1. The van der Waals surface area contributed by atoms with Gasteiger partial charge in [-0.15, -0.1) is 0 Å². The highest BCUT2D eigenvalue weighted by Gasteiger charge is 2.28. The average molecular weight is 393 g/mol. The average Bonchev–Trinajstić information content (AvgIpc) is 2.74. The first-order valence-electron chi connectivity index (χ1n) is 8.98. The number of carbonyl (C=O) groups excluding carboxylic acids is 1. The summed E-state index contributed by atoms with van der Waals surface area (Å²) >= 11 is 0. The molecule has 0 spiro atoms. The summed E-state index contributed by atoms with van der Waals surface area (Å²) in [4.78, 5) is 16.5. The van der Waals surface area contributed by atoms with Crippen LogP contribution in [0.15, 0.2) is 78.0 Å². The molecule has 1 aliphatic rings. The largest absolute Gasteiger partial charge is 0.321 e. The highest BCUT2D eigenvalue weighted by Crippen LogP contribution is 2.31. The van der Waals surface area contributed by atoms with Crippen molar-refractivity contribution in [2.75, 3.05) is 16.2 Å². The molecular weight excluding hydrogens is 374 g/mol. The second-order valence-electron chi connectivity index (χ2n) is 6.53. The van der Waals surface area contributed by atoms with Crippen LogP contribution in [0.1, 0.15) is 22.3 Å². The summed E-state index contributed by atoms with van der Waals surface area (Å²) in [6.07, 6.45) is 4.82. The molecule has 1 amide bonds. The van der Waals surface area contributed by atoms with Crippen molar-refractivity contribution in [1.29, 1.82) is 0 Å². The zero-order valence-corrected chi connectivity index (χ0v) is 15.9. The molecule has 0 aliphatic carbocycles. The number of carbonyl (C=O) groups is 1. The lowest BCUT2D eigenvalue weighted by atomic mass is 10.0. The lowest BCUT2D eigenvalue weighted by Gasteiger charge is -2.30. The number of anilines is 2. The quantitative estimate of drug-likeness (QED) is 0.736. The Balaban J connectivity index is 1.58. The third kappa shape index (κ3) is 3.48. The molecule has 1 aromatic heterocycles. The van der Waals surface area contributed by atoms with Gasteiger partial charge in [-0.2, -0.15) is 0 Å². The molecule has 3 aromatic rings. The number of aromatic nitrogens is 1. The molecule has 6 nitrogen and oxygen atoms in total. The van der Waals surface area contributed by atoms with Crippen molar-refractivity contribution in [3.8, 4) is 0 Å². The fourth-order valence-electron chi connectivity index (χ4n) is 3.29. The van der Waals surface area contributed by atoms with Crippen LogP contribution in [0.3, 0.4) is 0 Å². The van der Waals surface area contributed by atoms with E-state index in [0.717, 1.165) is 24.1 Å². The summed E-state index contributed by atoms with van der Waals surface area (Å²) in [7, 11) is -3.69. The van der Waals surface area contributed by atoms with Crippen molar-refractivity contribution in [3.63, 3.8) is 0 Å². The van der Waals surface area contributed by atoms with Gasteiger partial charge in [0.2, 0.25) is 0 Å². The number of amides is 1. The summed E-state index contributed by atoms with van der Waals surface area (Å²) in [6.45, 7) is 0.447. The van der Waals surface area contributed by atoms with E-state index in [2.05, 4.69) is 10.3 Å². The summed E-state index contributed by atoms with van der Waals surface area (Å²) in [5.41, 5.74) is 2.72. The van der Waals surface area contributed by atoms with E-state index < -0.39 is 10.0 Å². The zero-order chi connectivity index (χ0) is 19.6. The molecule has 0 fully saturated rings. The SMILES string of the molecule is O=C(Nc1cccnc1)c1ccc(S(=O)(=O)N2CCCc3ccccc32)cc1. The molecule has 4 rings (SSSR count). The van der Waals surface area contributed by atoms with E-state index >= 15 is 0 Å². The first-order valence-corrected chi connectivity index (χ1v) is 10.4. The monoisotopic (exact) mass is 393 g/mol. The van der Waals surface area contributed by atoms with Gasteiger partial charge in [0.15, 0.2) is 0 Å². The van der Waals surface area contributed by atoms with Crippen molar-refractivity contribution in [3.05, 3.63) is 84.2 Å². The summed E-state index contributed by atoms with van der Waals surface area (Å²) < 4.78 is 27.7. The van der Waals surface area contributed by atoms with Crippen molar-refractivity contribution in [1.82, 2.24) is 4.98 Å². The van der Waals surface area contributed by atoms with Gasteiger partial charge in [-0.3, -0.25) is 14.1 Å². The Hall–Kier alpha value is -3.19. The van der Waals surface area contributed by atoms with E-state index in [1.165, 1.54) is 28.6 Å². The van der Waals surface area contributed by atoms with Crippen LogP contribution in [-0.4, -0.2) is 25.9 Å². The third-order valence-electron chi connectivity index (χ3n) is 4.69. The Bertz CT molecular complexity index is 1100. The molecule has 0 saturated carbocycles. The van der Waals surface area contributed by atoms with E-state index in [-0.39, 0.29) is 10.8 Å². The van der Waals surface area contributed by atoms with Gasteiger partial charge in [0.25, 0.3) is 15.9 Å². The van der Waals surface area contributed by atoms with Crippen LogP contribution in [0.2, 0.25) is 0 Å². The number of hydrogen-bond donors (Lipinski definition) is 1. The Morgan fingerprint density at radius 2 is 1.79 bits per heavy atom. The standard InChI is InChI=1S/C21H19N3O3S/c25-21(23-18-7-3-13-22-15-18)17-9-11-19(12-10-17)28(26,27)24-14-4-6-16-5-1-2-8-20(16)24/h1-3,5,7-13,15H,4,6,14H2,(H,23,25). The molecule has 1 N–H and O–H groups in total. The first-order chi connectivity index (χ1) is 13.6. The number of sulfonamides is 1. The maximum atomic E-state index is 13.1. The molecule has 2 aromatic carbocycles. The number of rotatable bonds is 4. The van der Waals surface area contributed by atoms with Gasteiger partial charge in [-0.25, -0.2) is 8.42 Å². The summed E-state index contributed by atoms with van der Waals surface area (Å²) in [6, 6.07) is 17.0. The van der Waals surface area contributed by atoms with E-state index in [0.29, 0.717) is 17.8 Å². The number of benzene rings is 2. The van der Waals surface area contributed by atoms with Crippen LogP contribution in [0.25, 0.3) is 0 Å². The molecule has 0 unspecified atom stereocenters. The molecule has 0 saturated heterocycles. The highest BCUT2D eigenvalue weighted by atomic mass is 32.2. The van der Waals surface area contributed by atoms with Crippen molar-refractivity contribution < 1.29 is 13.2 Å². The van der Waals surface area contributed by atoms with Crippen LogP contribution >= 0.6 is 0 Å². The van der Waals surface area contributed by atoms with Crippen molar-refractivity contribution >= 4 is 27.3 Å². The van der Waals surface area contributed by atoms with E-state index in [9.17, 15) is 13.2 Å². The topological polar surface area (TPSA) is 79.4 Å². The van der Waals surface area contributed by atoms with Gasteiger partial charge in [0.05, 0.1) is 22.5 Å². The number of para-hydroxylation sites is 1. The fraction of sp³-hybridized carbons (Fsp3) is 0.143. The molecular formula is C21H19N3O3S. The fourth-order valence-corrected chi connectivity index (χ4v) is 4.84. The Kier molecular flexibility index (Phi) is 4.83. The lowest BCUT2D eigenvalue weighted by molar-refractivity contribution is 0.102. The molecule has 0 bridgehead atoms. The predicted octanol–water partition coefficient (Wildman–Crippen LogP) is 3.48.